The van der Waals surface area contributed by atoms with Crippen LogP contribution in [0.5, 0.6) is 0 Å². The zero-order valence-electron chi connectivity index (χ0n) is 2.91. The van der Waals surface area contributed by atoms with Crippen LogP contribution in [0, 0.1) is 0 Å². The van der Waals surface area contributed by atoms with Gasteiger partial charge in [-0.3, -0.25) is 0 Å². The van der Waals surface area contributed by atoms with Crippen molar-refractivity contribution in [2.24, 2.45) is 0 Å². The summed E-state index contributed by atoms with van der Waals surface area (Å²) in [5, 5.41) is 0. The van der Waals surface area contributed by atoms with Gasteiger partial charge in [0.1, 0.15) is 0 Å². The molecule has 0 unspecified atom stereocenters. The van der Waals surface area contributed by atoms with Crippen molar-refractivity contribution in [3.8, 4) is 0 Å². The predicted octanol–water partition coefficient (Wildman–Crippen LogP) is -0.0223. The van der Waals surface area contributed by atoms with E-state index in [1.807, 2.05) is 0 Å². The molecule has 0 aromatic rings. The maximum absolute atomic E-state index is 10.2. The Morgan fingerprint density at radius 2 is 1.71 bits per heavy atom. The first-order valence-corrected chi connectivity index (χ1v) is 2.45. The molecule has 7 heteroatoms. The third kappa shape index (κ3) is 10.8. The Kier molecular flexibility index (Phi) is 5.33. The summed E-state index contributed by atoms with van der Waals surface area (Å²) in [6.45, 7) is 0. The second-order valence-electron chi connectivity index (χ2n) is 0.560. The Morgan fingerprint density at radius 1 is 1.57 bits per heavy atom. The van der Waals surface area contributed by atoms with Crippen LogP contribution in [0.1, 0.15) is 0 Å². The van der Waals surface area contributed by atoms with Crippen molar-refractivity contribution in [3.63, 3.8) is 0 Å². The van der Waals surface area contributed by atoms with Crippen LogP contribution in [0.25, 0.3) is 0 Å². The third-order valence-electron chi connectivity index (χ3n) is 0.0899. The van der Waals surface area contributed by atoms with Gasteiger partial charge in [-0.2, -0.15) is 0 Å². The van der Waals surface area contributed by atoms with E-state index in [-0.39, 0.29) is 17.1 Å². The van der Waals surface area contributed by atoms with Crippen molar-refractivity contribution in [3.05, 3.63) is 0 Å². The summed E-state index contributed by atoms with van der Waals surface area (Å²) in [6.07, 6.45) is 0. The fourth-order valence-electron chi connectivity index (χ4n) is 0. The van der Waals surface area contributed by atoms with E-state index in [0.29, 0.717) is 0 Å². The molecule has 0 amide bonds. The molecule has 0 aliphatic heterocycles. The molecule has 4 nitrogen and oxygen atoms in total. The maximum atomic E-state index is 10.2. The molecule has 1 radical (unpaired) electrons. The molecule has 0 aliphatic carbocycles. The molecule has 45 valence electrons. The van der Waals surface area contributed by atoms with E-state index >= 15 is 0 Å². The van der Waals surface area contributed by atoms with Crippen LogP contribution >= 0.6 is 7.82 Å². The summed E-state index contributed by atoms with van der Waals surface area (Å²) in [5.41, 5.74) is 0. The molecule has 0 atom stereocenters. The molecule has 0 aliphatic rings. The predicted molar refractivity (Wildman–Crippen MR) is 14.2 cm³/mol. The summed E-state index contributed by atoms with van der Waals surface area (Å²) in [4.78, 5) is 14.7. The molecular formula is H2FMnO4P. The summed E-state index contributed by atoms with van der Waals surface area (Å²) in [6, 6.07) is 0. The van der Waals surface area contributed by atoms with E-state index in [9.17, 15) is 4.53 Å². The molecule has 0 fully saturated rings. The van der Waals surface area contributed by atoms with Gasteiger partial charge in [-0.15, -0.1) is 0 Å². The van der Waals surface area contributed by atoms with Gasteiger partial charge in [0.2, 0.25) is 0 Å². The summed E-state index contributed by atoms with van der Waals surface area (Å²) >= 11 is 0. The average Bonchev–Trinajstić information content (AvgIpc) is 1.35. The Balaban J connectivity index is 0. The minimum Gasteiger partial charge on any atom is -0.301 e. The van der Waals surface area contributed by atoms with Crippen LogP contribution in [0.4, 0.5) is 4.53 Å². The molecule has 0 aromatic carbocycles. The topological polar surface area (TPSA) is 66.8 Å². The Hall–Kier alpha value is 0.559. The Bertz CT molecular complexity index is 75.8. The van der Waals surface area contributed by atoms with Gasteiger partial charge in [0, 0.05) is 17.1 Å². The fraction of sp³-hybridized carbons (Fsp3) is 0. The van der Waals surface area contributed by atoms with Gasteiger partial charge < -0.3 is 9.79 Å². The average molecular weight is 171 g/mol. The first-order valence-electron chi connectivity index (χ1n) is 0.919. The second kappa shape index (κ2) is 3.55. The van der Waals surface area contributed by atoms with Crippen molar-refractivity contribution in [1.29, 1.82) is 0 Å². The summed E-state index contributed by atoms with van der Waals surface area (Å²) in [5.74, 6) is 0. The van der Waals surface area contributed by atoms with E-state index in [1.165, 1.54) is 0 Å². The van der Waals surface area contributed by atoms with Crippen LogP contribution in [0.15, 0.2) is 0 Å². The van der Waals surface area contributed by atoms with Crippen molar-refractivity contribution in [2.75, 3.05) is 0 Å². The van der Waals surface area contributed by atoms with Gasteiger partial charge in [-0.25, -0.2) is 4.57 Å². The first kappa shape index (κ1) is 10.5. The Morgan fingerprint density at radius 3 is 1.71 bits per heavy atom. The summed E-state index contributed by atoms with van der Waals surface area (Å²) in [7, 11) is -4.81. The molecule has 0 saturated heterocycles. The smallest absolute Gasteiger partial charge is 0.301 e. The minimum absolute atomic E-state index is 0. The largest absolute Gasteiger partial charge is 0.500 e. The normalized spacial score (nSPS) is 10.1. The Labute approximate surface area is 49.3 Å². The van der Waals surface area contributed by atoms with Gasteiger partial charge in [0.25, 0.3) is 0 Å². The molecule has 0 heterocycles. The molecule has 7 heavy (non-hydrogen) atoms. The monoisotopic (exact) mass is 171 g/mol. The quantitative estimate of drug-likeness (QED) is 0.429. The molecule has 0 rings (SSSR count). The van der Waals surface area contributed by atoms with Gasteiger partial charge in [-0.05, 0) is 4.53 Å². The first-order chi connectivity index (χ1) is 2.56. The van der Waals surface area contributed by atoms with Gasteiger partial charge in [-0.1, -0.05) is 4.73 Å². The number of phosphoric acid groups is 1. The molecule has 0 aromatic heterocycles. The molecule has 2 N–H and O–H groups in total. The van der Waals surface area contributed by atoms with E-state index < -0.39 is 7.82 Å². The van der Waals surface area contributed by atoms with Gasteiger partial charge in [0.15, 0.2) is 0 Å². The number of rotatable bonds is 1. The van der Waals surface area contributed by atoms with Gasteiger partial charge >= 0.3 is 7.82 Å². The SMILES string of the molecule is O=P(O)(O)OF.[Mn]. The minimum atomic E-state index is -4.81. The zero-order chi connectivity index (χ0) is 5.21. The second-order valence-corrected chi connectivity index (χ2v) is 1.68. The van der Waals surface area contributed by atoms with Crippen molar-refractivity contribution in [2.45, 2.75) is 0 Å². The molecular weight excluding hydrogens is 169 g/mol. The van der Waals surface area contributed by atoms with Gasteiger partial charge in [0.05, 0.1) is 0 Å². The number of hydrogen-bond donors (Lipinski definition) is 2. The molecule has 0 spiro atoms. The third-order valence-corrected chi connectivity index (χ3v) is 0.270. The van der Waals surface area contributed by atoms with E-state index in [0.717, 1.165) is 0 Å². The van der Waals surface area contributed by atoms with Crippen LogP contribution in [0.3, 0.4) is 0 Å². The van der Waals surface area contributed by atoms with E-state index in [2.05, 4.69) is 4.73 Å². The van der Waals surface area contributed by atoms with Crippen LogP contribution in [0.2, 0.25) is 0 Å². The fourth-order valence-corrected chi connectivity index (χ4v) is 0. The molecule has 0 saturated carbocycles. The number of hydrogen-bond acceptors (Lipinski definition) is 2. The molecule has 0 bridgehead atoms. The van der Waals surface area contributed by atoms with E-state index in [1.54, 1.807) is 0 Å². The van der Waals surface area contributed by atoms with Crippen molar-refractivity contribution < 1.29 is 40.7 Å². The number of halogens is 1. The summed E-state index contributed by atoms with van der Waals surface area (Å²) < 4.78 is 21.4. The van der Waals surface area contributed by atoms with Crippen LogP contribution in [-0.2, 0) is 26.4 Å². The van der Waals surface area contributed by atoms with Crippen LogP contribution < -0.4 is 0 Å². The van der Waals surface area contributed by atoms with Crippen LogP contribution in [-0.4, -0.2) is 9.79 Å². The van der Waals surface area contributed by atoms with Crippen molar-refractivity contribution in [1.82, 2.24) is 0 Å². The zero-order valence-corrected chi connectivity index (χ0v) is 4.99. The maximum Gasteiger partial charge on any atom is 0.500 e. The van der Waals surface area contributed by atoms with Crippen molar-refractivity contribution >= 4 is 7.82 Å². The van der Waals surface area contributed by atoms with E-state index in [4.69, 9.17) is 14.4 Å². The standard InChI is InChI=1S/FH2O4P.Mn/c1-5-6(2,3)4;/h(H2,2,3,4);.